The Hall–Kier alpha value is -1.81. The summed E-state index contributed by atoms with van der Waals surface area (Å²) in [7, 11) is 0. The fourth-order valence-corrected chi connectivity index (χ4v) is 2.80. The van der Waals surface area contributed by atoms with E-state index in [0.29, 0.717) is 6.54 Å². The van der Waals surface area contributed by atoms with Crippen molar-refractivity contribution in [1.29, 1.82) is 0 Å². The topological polar surface area (TPSA) is 32.3 Å². The standard InChI is InChI=1S/C16H15BrN2O/c1-10-3-4-11(2)14(7-10)19-15-8-12(17)5-6-13(15)18-9-16(19)20/h3-8,18H,9H2,1-2H3. The van der Waals surface area contributed by atoms with Crippen LogP contribution < -0.4 is 10.2 Å². The lowest BCUT2D eigenvalue weighted by Gasteiger charge is -2.31. The second kappa shape index (κ2) is 4.94. The van der Waals surface area contributed by atoms with Gasteiger partial charge in [0.25, 0.3) is 5.91 Å². The fourth-order valence-electron chi connectivity index (χ4n) is 2.45. The summed E-state index contributed by atoms with van der Waals surface area (Å²) in [5.41, 5.74) is 5.07. The third-order valence-corrected chi connectivity index (χ3v) is 3.98. The van der Waals surface area contributed by atoms with Gasteiger partial charge in [0, 0.05) is 4.47 Å². The van der Waals surface area contributed by atoms with E-state index < -0.39 is 0 Å². The third-order valence-electron chi connectivity index (χ3n) is 3.49. The van der Waals surface area contributed by atoms with E-state index in [1.54, 1.807) is 4.90 Å². The molecule has 3 nitrogen and oxygen atoms in total. The molecule has 0 radical (unpaired) electrons. The molecule has 1 N–H and O–H groups in total. The number of carbonyl (C=O) groups excluding carboxylic acids is 1. The summed E-state index contributed by atoms with van der Waals surface area (Å²) in [6, 6.07) is 12.1. The number of nitrogens with one attached hydrogen (secondary N) is 1. The van der Waals surface area contributed by atoms with E-state index >= 15 is 0 Å². The molecular formula is C16H15BrN2O. The molecule has 4 heteroatoms. The second-order valence-corrected chi connectivity index (χ2v) is 5.95. The van der Waals surface area contributed by atoms with Gasteiger partial charge in [-0.2, -0.15) is 0 Å². The van der Waals surface area contributed by atoms with Crippen LogP contribution >= 0.6 is 15.9 Å². The number of amides is 1. The number of hydrogen-bond donors (Lipinski definition) is 1. The van der Waals surface area contributed by atoms with Gasteiger partial charge in [0.1, 0.15) is 0 Å². The SMILES string of the molecule is Cc1ccc(C)c(N2C(=O)CNc3ccc(Br)cc32)c1. The summed E-state index contributed by atoms with van der Waals surface area (Å²) in [5, 5.41) is 3.16. The summed E-state index contributed by atoms with van der Waals surface area (Å²) in [5.74, 6) is 0.0595. The van der Waals surface area contributed by atoms with Gasteiger partial charge in [0.2, 0.25) is 0 Å². The average Bonchev–Trinajstić information content (AvgIpc) is 2.42. The smallest absolute Gasteiger partial charge is 0.250 e. The van der Waals surface area contributed by atoms with Gasteiger partial charge in [-0.15, -0.1) is 0 Å². The molecule has 1 aliphatic rings. The van der Waals surface area contributed by atoms with Gasteiger partial charge >= 0.3 is 0 Å². The van der Waals surface area contributed by atoms with Crippen LogP contribution in [0.5, 0.6) is 0 Å². The maximum atomic E-state index is 12.4. The van der Waals surface area contributed by atoms with Gasteiger partial charge in [-0.3, -0.25) is 9.69 Å². The lowest BCUT2D eigenvalue weighted by atomic mass is 10.1. The van der Waals surface area contributed by atoms with Crippen LogP contribution in [0.3, 0.4) is 0 Å². The highest BCUT2D eigenvalue weighted by Gasteiger charge is 2.26. The van der Waals surface area contributed by atoms with E-state index in [-0.39, 0.29) is 5.91 Å². The van der Waals surface area contributed by atoms with Crippen molar-refractivity contribution in [1.82, 2.24) is 0 Å². The van der Waals surface area contributed by atoms with Crippen LogP contribution in [0, 0.1) is 13.8 Å². The normalized spacial score (nSPS) is 13.9. The summed E-state index contributed by atoms with van der Waals surface area (Å²) >= 11 is 3.48. The average molecular weight is 331 g/mol. The molecule has 1 amide bonds. The second-order valence-electron chi connectivity index (χ2n) is 5.03. The highest BCUT2D eigenvalue weighted by Crippen LogP contribution is 2.38. The van der Waals surface area contributed by atoms with E-state index in [9.17, 15) is 4.79 Å². The predicted molar refractivity (Wildman–Crippen MR) is 85.7 cm³/mol. The van der Waals surface area contributed by atoms with E-state index in [1.807, 2.05) is 32.0 Å². The molecule has 0 fully saturated rings. The van der Waals surface area contributed by atoms with Crippen LogP contribution in [0.15, 0.2) is 40.9 Å². The Labute approximate surface area is 126 Å². The molecule has 0 saturated heterocycles. The number of carbonyl (C=O) groups is 1. The number of fused-ring (bicyclic) bond motifs is 1. The summed E-state index contributed by atoms with van der Waals surface area (Å²) in [4.78, 5) is 14.2. The van der Waals surface area contributed by atoms with Gasteiger partial charge in [-0.25, -0.2) is 0 Å². The molecule has 3 rings (SSSR count). The first-order valence-electron chi connectivity index (χ1n) is 6.50. The van der Waals surface area contributed by atoms with Crippen LogP contribution in [-0.2, 0) is 4.79 Å². The molecule has 0 unspecified atom stereocenters. The van der Waals surface area contributed by atoms with Crippen LogP contribution in [0.4, 0.5) is 17.1 Å². The largest absolute Gasteiger partial charge is 0.374 e. The molecule has 0 atom stereocenters. The molecule has 0 spiro atoms. The summed E-state index contributed by atoms with van der Waals surface area (Å²) < 4.78 is 0.961. The molecule has 1 aliphatic heterocycles. The van der Waals surface area contributed by atoms with Gasteiger partial charge in [-0.05, 0) is 49.2 Å². The van der Waals surface area contributed by atoms with Crippen molar-refractivity contribution >= 4 is 38.9 Å². The van der Waals surface area contributed by atoms with E-state index in [0.717, 1.165) is 32.7 Å². The molecule has 2 aromatic carbocycles. The number of anilines is 3. The number of hydrogen-bond acceptors (Lipinski definition) is 2. The molecular weight excluding hydrogens is 316 g/mol. The van der Waals surface area contributed by atoms with Crippen molar-refractivity contribution in [3.05, 3.63) is 52.0 Å². The number of nitrogens with zero attached hydrogens (tertiary/aromatic N) is 1. The predicted octanol–water partition coefficient (Wildman–Crippen LogP) is 4.16. The Morgan fingerprint density at radius 2 is 1.90 bits per heavy atom. The van der Waals surface area contributed by atoms with E-state index in [4.69, 9.17) is 0 Å². The monoisotopic (exact) mass is 330 g/mol. The molecule has 2 aromatic rings. The van der Waals surface area contributed by atoms with E-state index in [2.05, 4.69) is 39.4 Å². The first-order valence-corrected chi connectivity index (χ1v) is 7.29. The van der Waals surface area contributed by atoms with Crippen molar-refractivity contribution in [2.24, 2.45) is 0 Å². The van der Waals surface area contributed by atoms with Crippen molar-refractivity contribution in [3.63, 3.8) is 0 Å². The molecule has 102 valence electrons. The van der Waals surface area contributed by atoms with Crippen molar-refractivity contribution < 1.29 is 4.79 Å². The molecule has 0 aromatic heterocycles. The van der Waals surface area contributed by atoms with Crippen LogP contribution in [0.25, 0.3) is 0 Å². The minimum Gasteiger partial charge on any atom is -0.374 e. The van der Waals surface area contributed by atoms with Crippen LogP contribution in [0.2, 0.25) is 0 Å². The highest BCUT2D eigenvalue weighted by atomic mass is 79.9. The number of benzene rings is 2. The van der Waals surface area contributed by atoms with Crippen molar-refractivity contribution in [3.8, 4) is 0 Å². The Balaban J connectivity index is 2.20. The van der Waals surface area contributed by atoms with Crippen molar-refractivity contribution in [2.75, 3.05) is 16.8 Å². The van der Waals surface area contributed by atoms with Crippen molar-refractivity contribution in [2.45, 2.75) is 13.8 Å². The number of halogens is 1. The maximum Gasteiger partial charge on any atom is 0.250 e. The van der Waals surface area contributed by atoms with Crippen LogP contribution in [0.1, 0.15) is 11.1 Å². The Morgan fingerprint density at radius 1 is 1.10 bits per heavy atom. The van der Waals surface area contributed by atoms with Gasteiger partial charge in [-0.1, -0.05) is 28.1 Å². The lowest BCUT2D eigenvalue weighted by molar-refractivity contribution is -0.116. The molecule has 1 heterocycles. The zero-order valence-corrected chi connectivity index (χ0v) is 13.0. The fraction of sp³-hybridized carbons (Fsp3) is 0.188. The Kier molecular flexibility index (Phi) is 3.26. The first-order chi connectivity index (χ1) is 9.56. The Bertz CT molecular complexity index is 697. The minimum absolute atomic E-state index is 0.0595. The number of aryl methyl sites for hydroxylation is 2. The van der Waals surface area contributed by atoms with Crippen LogP contribution in [-0.4, -0.2) is 12.5 Å². The summed E-state index contributed by atoms with van der Waals surface area (Å²) in [6.07, 6.45) is 0. The molecule has 0 saturated carbocycles. The maximum absolute atomic E-state index is 12.4. The Morgan fingerprint density at radius 3 is 2.70 bits per heavy atom. The van der Waals surface area contributed by atoms with Gasteiger partial charge in [0.15, 0.2) is 0 Å². The van der Waals surface area contributed by atoms with E-state index in [1.165, 1.54) is 0 Å². The quantitative estimate of drug-likeness (QED) is 0.851. The molecule has 0 aliphatic carbocycles. The van der Waals surface area contributed by atoms with Gasteiger partial charge < -0.3 is 5.32 Å². The molecule has 0 bridgehead atoms. The highest BCUT2D eigenvalue weighted by molar-refractivity contribution is 9.10. The number of rotatable bonds is 1. The zero-order chi connectivity index (χ0) is 14.3. The van der Waals surface area contributed by atoms with Gasteiger partial charge in [0.05, 0.1) is 23.6 Å². The third kappa shape index (κ3) is 2.20. The lowest BCUT2D eigenvalue weighted by Crippen LogP contribution is -2.36. The summed E-state index contributed by atoms with van der Waals surface area (Å²) in [6.45, 7) is 4.39. The molecule has 20 heavy (non-hydrogen) atoms. The zero-order valence-electron chi connectivity index (χ0n) is 11.4. The minimum atomic E-state index is 0.0595. The first kappa shape index (κ1) is 13.2.